The van der Waals surface area contributed by atoms with Crippen LogP contribution in [0, 0.1) is 0 Å². The molecule has 1 aliphatic rings. The number of rotatable bonds is 9. The third-order valence-corrected chi connectivity index (χ3v) is 6.20. The molecule has 0 saturated heterocycles. The average molecular weight is 462 g/mol. The zero-order valence-electron chi connectivity index (χ0n) is 19.4. The molecule has 0 spiro atoms. The second kappa shape index (κ2) is 10.8. The molecule has 1 N–H and O–H groups in total. The molecule has 5 rings (SSSR count). The summed E-state index contributed by atoms with van der Waals surface area (Å²) in [6.07, 6.45) is 3.53. The van der Waals surface area contributed by atoms with Gasteiger partial charge in [-0.05, 0) is 46.5 Å². The number of nitrogens with one attached hydrogen (secondary N) is 1. The van der Waals surface area contributed by atoms with Crippen LogP contribution in [0.4, 0.5) is 0 Å². The number of carbonyl (C=O) groups is 1. The van der Waals surface area contributed by atoms with Crippen LogP contribution in [0.5, 0.6) is 5.75 Å². The Bertz CT molecular complexity index is 1320. The van der Waals surface area contributed by atoms with Crippen molar-refractivity contribution in [1.29, 1.82) is 0 Å². The normalized spacial score (nSPS) is 13.5. The summed E-state index contributed by atoms with van der Waals surface area (Å²) in [5.41, 5.74) is 5.92. The van der Waals surface area contributed by atoms with Gasteiger partial charge >= 0.3 is 0 Å². The molecule has 174 valence electrons. The minimum Gasteiger partial charge on any atom is -0.489 e. The van der Waals surface area contributed by atoms with Gasteiger partial charge in [-0.25, -0.2) is 0 Å². The van der Waals surface area contributed by atoms with Crippen LogP contribution in [0.1, 0.15) is 39.5 Å². The van der Waals surface area contributed by atoms with Gasteiger partial charge in [0.1, 0.15) is 12.4 Å². The predicted molar refractivity (Wildman–Crippen MR) is 139 cm³/mol. The Labute approximate surface area is 205 Å². The molecular weight excluding hydrogens is 434 g/mol. The third kappa shape index (κ3) is 5.46. The molecular formula is C30H27N3O2. The summed E-state index contributed by atoms with van der Waals surface area (Å²) in [5, 5.41) is 3.39. The second-order valence-electron chi connectivity index (χ2n) is 8.53. The van der Waals surface area contributed by atoms with E-state index in [9.17, 15) is 4.79 Å². The largest absolute Gasteiger partial charge is 0.489 e. The number of carbonyl (C=O) groups excluding carboxylic acids is 1. The fourth-order valence-corrected chi connectivity index (χ4v) is 4.41. The van der Waals surface area contributed by atoms with Crippen molar-refractivity contribution in [2.45, 2.75) is 18.9 Å². The first kappa shape index (κ1) is 22.5. The topological polar surface area (TPSA) is 63.6 Å². The molecule has 0 bridgehead atoms. The van der Waals surface area contributed by atoms with E-state index < -0.39 is 0 Å². The molecule has 1 aromatic heterocycles. The number of aromatic nitrogens is 1. The van der Waals surface area contributed by atoms with Crippen LogP contribution >= 0.6 is 0 Å². The van der Waals surface area contributed by atoms with Gasteiger partial charge in [-0.1, -0.05) is 66.7 Å². The van der Waals surface area contributed by atoms with E-state index in [0.29, 0.717) is 12.2 Å². The minimum atomic E-state index is 0.123. The number of ether oxygens (including phenoxy) is 1. The van der Waals surface area contributed by atoms with Crippen LogP contribution in [0.3, 0.4) is 0 Å². The molecule has 0 fully saturated rings. The van der Waals surface area contributed by atoms with Gasteiger partial charge in [-0.2, -0.15) is 0 Å². The summed E-state index contributed by atoms with van der Waals surface area (Å²) >= 11 is 0. The highest BCUT2D eigenvalue weighted by molar-refractivity contribution is 5.87. The Morgan fingerprint density at radius 2 is 1.80 bits per heavy atom. The molecule has 0 saturated carbocycles. The van der Waals surface area contributed by atoms with Crippen molar-refractivity contribution in [2.24, 2.45) is 4.99 Å². The summed E-state index contributed by atoms with van der Waals surface area (Å²) in [6, 6.07) is 30.0. The van der Waals surface area contributed by atoms with Gasteiger partial charge in [-0.15, -0.1) is 0 Å². The number of amidine groups is 1. The fraction of sp³-hybridized carbons (Fsp3) is 0.167. The van der Waals surface area contributed by atoms with E-state index in [0.717, 1.165) is 59.8 Å². The zero-order chi connectivity index (χ0) is 23.9. The van der Waals surface area contributed by atoms with E-state index in [1.807, 2.05) is 66.9 Å². The van der Waals surface area contributed by atoms with Gasteiger partial charge in [0.05, 0.1) is 12.4 Å². The molecule has 1 aliphatic heterocycles. The Balaban J connectivity index is 1.31. The van der Waals surface area contributed by atoms with E-state index in [4.69, 9.17) is 4.74 Å². The highest BCUT2D eigenvalue weighted by Gasteiger charge is 2.20. The summed E-state index contributed by atoms with van der Waals surface area (Å²) < 4.78 is 6.09. The highest BCUT2D eigenvalue weighted by Crippen LogP contribution is 2.29. The molecule has 5 heteroatoms. The van der Waals surface area contributed by atoms with Gasteiger partial charge in [0.15, 0.2) is 6.29 Å². The lowest BCUT2D eigenvalue weighted by Gasteiger charge is -2.18. The van der Waals surface area contributed by atoms with E-state index in [2.05, 4.69) is 45.6 Å². The van der Waals surface area contributed by atoms with Gasteiger partial charge in [0.25, 0.3) is 0 Å². The quantitative estimate of drug-likeness (QED) is 0.327. The minimum absolute atomic E-state index is 0.123. The lowest BCUT2D eigenvalue weighted by atomic mass is 9.90. The Kier molecular flexibility index (Phi) is 6.94. The van der Waals surface area contributed by atoms with E-state index >= 15 is 0 Å². The number of aliphatic imine (C=N–C) groups is 1. The number of aldehydes is 1. The number of hydrogen-bond donors (Lipinski definition) is 1. The second-order valence-corrected chi connectivity index (χ2v) is 8.53. The number of nitrogens with zero attached hydrogens (tertiary/aromatic N) is 2. The highest BCUT2D eigenvalue weighted by atomic mass is 16.5. The third-order valence-electron chi connectivity index (χ3n) is 6.20. The van der Waals surface area contributed by atoms with Crippen LogP contribution in [0.25, 0.3) is 11.1 Å². The first-order chi connectivity index (χ1) is 17.3. The molecule has 35 heavy (non-hydrogen) atoms. The molecule has 1 unspecified atom stereocenters. The van der Waals surface area contributed by atoms with Crippen molar-refractivity contribution < 1.29 is 9.53 Å². The van der Waals surface area contributed by atoms with Gasteiger partial charge in [-0.3, -0.25) is 14.8 Å². The van der Waals surface area contributed by atoms with Crippen molar-refractivity contribution in [2.75, 3.05) is 13.1 Å². The van der Waals surface area contributed by atoms with Crippen LogP contribution in [0.15, 0.2) is 102 Å². The predicted octanol–water partition coefficient (Wildman–Crippen LogP) is 5.66. The Hall–Kier alpha value is -4.25. The zero-order valence-corrected chi connectivity index (χ0v) is 19.4. The summed E-state index contributed by atoms with van der Waals surface area (Å²) in [4.78, 5) is 20.6. The SMILES string of the molecule is O=Cc1ccccc1-c1ccc(OCc2cccc(C(CC3=NCCN3)c3ccccn3)c2)cc1. The smallest absolute Gasteiger partial charge is 0.150 e. The van der Waals surface area contributed by atoms with E-state index in [1.54, 1.807) is 0 Å². The Morgan fingerprint density at radius 3 is 2.57 bits per heavy atom. The first-order valence-electron chi connectivity index (χ1n) is 11.8. The first-order valence-corrected chi connectivity index (χ1v) is 11.8. The lowest BCUT2D eigenvalue weighted by Crippen LogP contribution is -2.21. The molecule has 0 amide bonds. The average Bonchev–Trinajstić information content (AvgIpc) is 3.45. The molecule has 5 nitrogen and oxygen atoms in total. The van der Waals surface area contributed by atoms with Gasteiger partial charge in [0, 0.05) is 36.3 Å². The summed E-state index contributed by atoms with van der Waals surface area (Å²) in [5.74, 6) is 1.95. The molecule has 4 aromatic rings. The fourth-order valence-electron chi connectivity index (χ4n) is 4.41. The molecule has 0 aliphatic carbocycles. The maximum absolute atomic E-state index is 11.4. The summed E-state index contributed by atoms with van der Waals surface area (Å²) in [6.45, 7) is 2.20. The number of hydrogen-bond acceptors (Lipinski definition) is 5. The van der Waals surface area contributed by atoms with Gasteiger partial charge in [0.2, 0.25) is 0 Å². The van der Waals surface area contributed by atoms with Crippen molar-refractivity contribution in [1.82, 2.24) is 10.3 Å². The van der Waals surface area contributed by atoms with Crippen molar-refractivity contribution in [3.63, 3.8) is 0 Å². The van der Waals surface area contributed by atoms with Crippen LogP contribution in [0.2, 0.25) is 0 Å². The Morgan fingerprint density at radius 1 is 0.943 bits per heavy atom. The molecule has 0 radical (unpaired) electrons. The van der Waals surface area contributed by atoms with Crippen LogP contribution in [-0.2, 0) is 6.61 Å². The number of pyridine rings is 1. The standard InChI is InChI=1S/C30H27N3O2/c34-20-25-7-1-2-9-27(25)23-11-13-26(14-12-23)35-21-22-6-5-8-24(18-22)28(19-30-32-16-17-33-30)29-10-3-4-15-31-29/h1-15,18,20,28H,16-17,19,21H2,(H,32,33). The molecule has 3 aromatic carbocycles. The maximum Gasteiger partial charge on any atom is 0.150 e. The van der Waals surface area contributed by atoms with Crippen molar-refractivity contribution >= 4 is 12.1 Å². The van der Waals surface area contributed by atoms with Crippen LogP contribution in [-0.4, -0.2) is 30.2 Å². The van der Waals surface area contributed by atoms with Crippen molar-refractivity contribution in [3.8, 4) is 16.9 Å². The lowest BCUT2D eigenvalue weighted by molar-refractivity contribution is 0.112. The summed E-state index contributed by atoms with van der Waals surface area (Å²) in [7, 11) is 0. The van der Waals surface area contributed by atoms with Crippen molar-refractivity contribution in [3.05, 3.63) is 120 Å². The van der Waals surface area contributed by atoms with E-state index in [1.165, 1.54) is 5.56 Å². The van der Waals surface area contributed by atoms with Crippen LogP contribution < -0.4 is 10.1 Å². The maximum atomic E-state index is 11.4. The molecule has 2 heterocycles. The van der Waals surface area contributed by atoms with E-state index in [-0.39, 0.29) is 5.92 Å². The molecule has 1 atom stereocenters. The number of benzene rings is 3. The van der Waals surface area contributed by atoms with Gasteiger partial charge < -0.3 is 10.1 Å². The monoisotopic (exact) mass is 461 g/mol.